The number of benzene rings is 2. The van der Waals surface area contributed by atoms with Gasteiger partial charge < -0.3 is 10.1 Å². The van der Waals surface area contributed by atoms with E-state index >= 15 is 0 Å². The van der Waals surface area contributed by atoms with Crippen LogP contribution in [0.2, 0.25) is 0 Å². The first-order valence-electron chi connectivity index (χ1n) is 10.6. The molecular weight excluding hydrogens is 438 g/mol. The molecule has 2 aromatic heterocycles. The van der Waals surface area contributed by atoms with E-state index in [0.29, 0.717) is 34.9 Å². The number of nitrogens with one attached hydrogen (secondary N) is 1. The summed E-state index contributed by atoms with van der Waals surface area (Å²) in [6.07, 6.45) is 3.37. The maximum Gasteiger partial charge on any atom is 0.263 e. The lowest BCUT2D eigenvalue weighted by molar-refractivity contribution is -0.118. The van der Waals surface area contributed by atoms with Crippen molar-refractivity contribution in [3.8, 4) is 5.75 Å². The van der Waals surface area contributed by atoms with Gasteiger partial charge in [-0.3, -0.25) is 18.6 Å². The zero-order valence-electron chi connectivity index (χ0n) is 18.4. The number of carbonyl (C=O) groups excluding carboxylic acids is 1. The summed E-state index contributed by atoms with van der Waals surface area (Å²) in [5, 5.41) is 12.5. The molecule has 0 fully saturated rings. The van der Waals surface area contributed by atoms with E-state index in [1.165, 1.54) is 21.9 Å². The van der Waals surface area contributed by atoms with Crippen LogP contribution >= 0.6 is 11.8 Å². The lowest BCUT2D eigenvalue weighted by Crippen LogP contribution is -2.26. The van der Waals surface area contributed by atoms with Crippen molar-refractivity contribution >= 4 is 34.3 Å². The summed E-state index contributed by atoms with van der Waals surface area (Å²) >= 11 is 1.29. The molecule has 2 heterocycles. The van der Waals surface area contributed by atoms with Gasteiger partial charge in [-0.1, -0.05) is 42.1 Å². The van der Waals surface area contributed by atoms with Crippen molar-refractivity contribution in [2.75, 3.05) is 19.4 Å². The van der Waals surface area contributed by atoms with Crippen LogP contribution in [0.5, 0.6) is 5.75 Å². The second kappa shape index (κ2) is 10.4. The molecule has 4 aromatic rings. The van der Waals surface area contributed by atoms with E-state index in [0.717, 1.165) is 18.6 Å². The first-order chi connectivity index (χ1) is 16.1. The number of amides is 1. The standard InChI is InChI=1S/C24H25N5O3S/c1-3-15-28-22(31)19-8-4-5-9-20(19)29-23(28)26-27-24(29)33-16-21(30)25-14-6-7-17-10-12-18(32-2)13-11-17/h3-5,8-13H,1,6-7,14-16H2,2H3,(H,25,30). The molecule has 0 aliphatic rings. The van der Waals surface area contributed by atoms with E-state index < -0.39 is 0 Å². The van der Waals surface area contributed by atoms with Crippen molar-refractivity contribution in [1.29, 1.82) is 0 Å². The molecule has 170 valence electrons. The van der Waals surface area contributed by atoms with Crippen molar-refractivity contribution in [1.82, 2.24) is 24.5 Å². The van der Waals surface area contributed by atoms with E-state index in [-0.39, 0.29) is 17.2 Å². The Labute approximate surface area is 195 Å². The average Bonchev–Trinajstić information content (AvgIpc) is 3.27. The largest absolute Gasteiger partial charge is 0.497 e. The molecule has 0 aliphatic carbocycles. The average molecular weight is 464 g/mol. The fourth-order valence-corrected chi connectivity index (χ4v) is 4.38. The van der Waals surface area contributed by atoms with Gasteiger partial charge in [-0.05, 0) is 42.7 Å². The number of hydrogen-bond donors (Lipinski definition) is 1. The van der Waals surface area contributed by atoms with Gasteiger partial charge in [0, 0.05) is 13.1 Å². The normalized spacial score (nSPS) is 11.1. The minimum Gasteiger partial charge on any atom is -0.497 e. The topological polar surface area (TPSA) is 90.5 Å². The Morgan fingerprint density at radius 3 is 2.73 bits per heavy atom. The molecule has 8 nitrogen and oxygen atoms in total. The number of hydrogen-bond acceptors (Lipinski definition) is 6. The number of aryl methyl sites for hydroxylation is 1. The van der Waals surface area contributed by atoms with E-state index in [4.69, 9.17) is 4.74 Å². The molecular formula is C24H25N5O3S. The third-order valence-corrected chi connectivity index (χ3v) is 6.17. The maximum absolute atomic E-state index is 12.8. The van der Waals surface area contributed by atoms with Crippen molar-refractivity contribution in [3.63, 3.8) is 0 Å². The summed E-state index contributed by atoms with van der Waals surface area (Å²) < 4.78 is 8.52. The molecule has 1 amide bonds. The Hall–Kier alpha value is -3.59. The van der Waals surface area contributed by atoms with Gasteiger partial charge in [0.15, 0.2) is 5.16 Å². The van der Waals surface area contributed by atoms with Crippen molar-refractivity contribution in [2.45, 2.75) is 24.5 Å². The predicted molar refractivity (Wildman–Crippen MR) is 130 cm³/mol. The number of methoxy groups -OCH3 is 1. The van der Waals surface area contributed by atoms with Crippen LogP contribution < -0.4 is 15.6 Å². The second-order valence-electron chi connectivity index (χ2n) is 7.43. The van der Waals surface area contributed by atoms with Crippen LogP contribution in [0, 0.1) is 0 Å². The monoisotopic (exact) mass is 463 g/mol. The summed E-state index contributed by atoms with van der Waals surface area (Å²) in [4.78, 5) is 25.2. The van der Waals surface area contributed by atoms with Crippen LogP contribution in [0.15, 0.2) is 71.1 Å². The third-order valence-electron chi connectivity index (χ3n) is 5.25. The molecule has 0 unspecified atom stereocenters. The number of ether oxygens (including phenoxy) is 1. The van der Waals surface area contributed by atoms with Gasteiger partial charge in [0.2, 0.25) is 11.7 Å². The molecule has 0 saturated carbocycles. The van der Waals surface area contributed by atoms with E-state index in [1.807, 2.05) is 46.9 Å². The Bertz CT molecular complexity index is 1340. The number of carbonyl (C=O) groups is 1. The number of nitrogens with zero attached hydrogens (tertiary/aromatic N) is 4. The number of thioether (sulfide) groups is 1. The Morgan fingerprint density at radius 1 is 1.18 bits per heavy atom. The Morgan fingerprint density at radius 2 is 1.97 bits per heavy atom. The van der Waals surface area contributed by atoms with E-state index in [2.05, 4.69) is 22.1 Å². The molecule has 1 N–H and O–H groups in total. The van der Waals surface area contributed by atoms with Gasteiger partial charge in [0.25, 0.3) is 5.56 Å². The van der Waals surface area contributed by atoms with Crippen LogP contribution in [-0.4, -0.2) is 44.5 Å². The highest BCUT2D eigenvalue weighted by Crippen LogP contribution is 2.21. The number of rotatable bonds is 10. The minimum atomic E-state index is -0.142. The molecule has 0 spiro atoms. The quantitative estimate of drug-likeness (QED) is 0.221. The highest BCUT2D eigenvalue weighted by atomic mass is 32.2. The summed E-state index contributed by atoms with van der Waals surface area (Å²) in [5.74, 6) is 1.40. The van der Waals surface area contributed by atoms with Crippen molar-refractivity contribution in [2.24, 2.45) is 0 Å². The smallest absolute Gasteiger partial charge is 0.263 e. The van der Waals surface area contributed by atoms with Crippen LogP contribution in [0.25, 0.3) is 16.7 Å². The first kappa shape index (κ1) is 22.6. The predicted octanol–water partition coefficient (Wildman–Crippen LogP) is 3.08. The Balaban J connectivity index is 1.40. The van der Waals surface area contributed by atoms with Crippen LogP contribution in [0.3, 0.4) is 0 Å². The molecule has 0 aliphatic heterocycles. The molecule has 4 rings (SSSR count). The fraction of sp³-hybridized carbons (Fsp3) is 0.250. The van der Waals surface area contributed by atoms with E-state index in [9.17, 15) is 9.59 Å². The van der Waals surface area contributed by atoms with Crippen LogP contribution in [0.4, 0.5) is 0 Å². The van der Waals surface area contributed by atoms with E-state index in [1.54, 1.807) is 19.3 Å². The van der Waals surface area contributed by atoms with Crippen LogP contribution in [0.1, 0.15) is 12.0 Å². The SMILES string of the molecule is C=CCn1c(=O)c2ccccc2n2c(SCC(=O)NCCCc3ccc(OC)cc3)nnc12. The first-order valence-corrected chi connectivity index (χ1v) is 11.6. The third kappa shape index (κ3) is 4.93. The van der Waals surface area contributed by atoms with Gasteiger partial charge in [-0.15, -0.1) is 16.8 Å². The van der Waals surface area contributed by atoms with Gasteiger partial charge in [-0.2, -0.15) is 0 Å². The van der Waals surface area contributed by atoms with Gasteiger partial charge in [-0.25, -0.2) is 0 Å². The fourth-order valence-electron chi connectivity index (χ4n) is 3.61. The highest BCUT2D eigenvalue weighted by Gasteiger charge is 2.17. The minimum absolute atomic E-state index is 0.0739. The maximum atomic E-state index is 12.8. The lowest BCUT2D eigenvalue weighted by Gasteiger charge is -2.09. The van der Waals surface area contributed by atoms with Gasteiger partial charge in [0.05, 0.1) is 23.8 Å². The molecule has 0 radical (unpaired) electrons. The number of fused-ring (bicyclic) bond motifs is 3. The molecule has 2 aromatic carbocycles. The van der Waals surface area contributed by atoms with Crippen molar-refractivity contribution in [3.05, 3.63) is 77.1 Å². The van der Waals surface area contributed by atoms with Gasteiger partial charge >= 0.3 is 0 Å². The van der Waals surface area contributed by atoms with Crippen LogP contribution in [-0.2, 0) is 17.8 Å². The number of aromatic nitrogens is 4. The molecule has 9 heteroatoms. The zero-order valence-corrected chi connectivity index (χ0v) is 19.2. The summed E-state index contributed by atoms with van der Waals surface area (Å²) in [6, 6.07) is 15.3. The Kier molecular flexibility index (Phi) is 7.09. The zero-order chi connectivity index (χ0) is 23.2. The number of para-hydroxylation sites is 1. The summed E-state index contributed by atoms with van der Waals surface area (Å²) in [5.41, 5.74) is 1.77. The van der Waals surface area contributed by atoms with Gasteiger partial charge in [0.1, 0.15) is 5.75 Å². The summed E-state index contributed by atoms with van der Waals surface area (Å²) in [7, 11) is 1.65. The molecule has 0 bridgehead atoms. The summed E-state index contributed by atoms with van der Waals surface area (Å²) in [6.45, 7) is 4.65. The van der Waals surface area contributed by atoms with Crippen molar-refractivity contribution < 1.29 is 9.53 Å². The number of allylic oxidation sites excluding steroid dienone is 1. The highest BCUT2D eigenvalue weighted by molar-refractivity contribution is 7.99. The lowest BCUT2D eigenvalue weighted by atomic mass is 10.1. The molecule has 0 atom stereocenters. The second-order valence-corrected chi connectivity index (χ2v) is 8.37. The molecule has 0 saturated heterocycles. The molecule has 33 heavy (non-hydrogen) atoms.